The zero-order valence-corrected chi connectivity index (χ0v) is 18.0. The summed E-state index contributed by atoms with van der Waals surface area (Å²) in [5.74, 6) is 0.968. The van der Waals surface area contributed by atoms with Gasteiger partial charge < -0.3 is 19.5 Å². The number of piperazine rings is 1. The van der Waals surface area contributed by atoms with Gasteiger partial charge in [-0.05, 0) is 35.9 Å². The highest BCUT2D eigenvalue weighted by molar-refractivity contribution is 9.10. The molecule has 5 rings (SSSR count). The van der Waals surface area contributed by atoms with Crippen LogP contribution in [0.3, 0.4) is 0 Å². The molecule has 152 valence electrons. The first-order chi connectivity index (χ1) is 14.7. The Balaban J connectivity index is 1.31. The number of nitrogens with zero attached hydrogens (tertiary/aromatic N) is 4. The number of hydrogen-bond donors (Lipinski definition) is 1. The average Bonchev–Trinajstić information content (AvgIpc) is 3.27. The molecule has 7 heteroatoms. The number of fused-ring (bicyclic) bond motifs is 3. The van der Waals surface area contributed by atoms with Gasteiger partial charge in [-0.3, -0.25) is 0 Å². The van der Waals surface area contributed by atoms with Crippen LogP contribution in [0, 0.1) is 0 Å². The average molecular weight is 464 g/mol. The molecule has 1 aliphatic rings. The Morgan fingerprint density at radius 3 is 2.57 bits per heavy atom. The third-order valence-electron chi connectivity index (χ3n) is 5.55. The molecule has 6 nitrogen and oxygen atoms in total. The topological polar surface area (TPSA) is 52.9 Å². The highest BCUT2D eigenvalue weighted by Gasteiger charge is 2.23. The Bertz CT molecular complexity index is 1200. The summed E-state index contributed by atoms with van der Waals surface area (Å²) in [6.45, 7) is 3.40. The predicted octanol–water partition coefficient (Wildman–Crippen LogP) is 4.28. The molecule has 1 saturated heterocycles. The van der Waals surface area contributed by atoms with Gasteiger partial charge in [-0.1, -0.05) is 46.3 Å². The van der Waals surface area contributed by atoms with Crippen LogP contribution in [0.1, 0.15) is 5.56 Å². The Labute approximate surface area is 183 Å². The molecule has 2 aromatic carbocycles. The number of carbonyl (C=O) groups is 1. The number of anilines is 1. The normalized spacial score (nSPS) is 14.4. The van der Waals surface area contributed by atoms with E-state index >= 15 is 0 Å². The molecule has 0 saturated carbocycles. The minimum atomic E-state index is -0.0123. The van der Waals surface area contributed by atoms with Crippen LogP contribution in [0.4, 0.5) is 10.6 Å². The number of rotatable bonds is 3. The van der Waals surface area contributed by atoms with Crippen molar-refractivity contribution in [3.05, 3.63) is 76.9 Å². The van der Waals surface area contributed by atoms with E-state index in [0.717, 1.165) is 45.5 Å². The quantitative estimate of drug-likeness (QED) is 0.493. The molecule has 0 unspecified atom stereocenters. The fourth-order valence-corrected chi connectivity index (χ4v) is 4.32. The number of urea groups is 1. The largest absolute Gasteiger partial charge is 0.351 e. The summed E-state index contributed by atoms with van der Waals surface area (Å²) in [6.07, 6.45) is 2.07. The minimum absolute atomic E-state index is 0.0123. The highest BCUT2D eigenvalue weighted by Crippen LogP contribution is 2.27. The van der Waals surface area contributed by atoms with E-state index in [1.54, 1.807) is 0 Å². The van der Waals surface area contributed by atoms with E-state index in [0.29, 0.717) is 19.6 Å². The van der Waals surface area contributed by atoms with Crippen LogP contribution >= 0.6 is 15.9 Å². The molecule has 0 bridgehead atoms. The van der Waals surface area contributed by atoms with Crippen LogP contribution in [0.5, 0.6) is 0 Å². The van der Waals surface area contributed by atoms with Crippen molar-refractivity contribution in [1.29, 1.82) is 0 Å². The fraction of sp³-hybridized carbons (Fsp3) is 0.217. The summed E-state index contributed by atoms with van der Waals surface area (Å²) in [5, 5.41) is 3.02. The SMILES string of the molecule is O=C(NCc1ccccc1)N1CCN(c2nc3cc(Br)ccc3n3cccc23)CC1. The zero-order chi connectivity index (χ0) is 20.5. The third kappa shape index (κ3) is 3.61. The molecule has 0 aliphatic carbocycles. The molecule has 1 aliphatic heterocycles. The van der Waals surface area contributed by atoms with E-state index in [1.165, 1.54) is 0 Å². The molecule has 1 fully saturated rings. The van der Waals surface area contributed by atoms with Crippen molar-refractivity contribution >= 4 is 44.3 Å². The molecule has 2 amide bonds. The first-order valence-electron chi connectivity index (χ1n) is 10.1. The van der Waals surface area contributed by atoms with Gasteiger partial charge in [-0.25, -0.2) is 9.78 Å². The Morgan fingerprint density at radius 1 is 0.967 bits per heavy atom. The second-order valence-electron chi connectivity index (χ2n) is 7.45. The summed E-state index contributed by atoms with van der Waals surface area (Å²) >= 11 is 3.55. The first-order valence-corrected chi connectivity index (χ1v) is 10.9. The molecule has 1 N–H and O–H groups in total. The van der Waals surface area contributed by atoms with Crippen molar-refractivity contribution in [2.75, 3.05) is 31.1 Å². The maximum atomic E-state index is 12.6. The molecule has 4 aromatic rings. The number of nitrogens with one attached hydrogen (secondary N) is 1. The van der Waals surface area contributed by atoms with Gasteiger partial charge in [-0.2, -0.15) is 0 Å². The molecule has 0 atom stereocenters. The maximum Gasteiger partial charge on any atom is 0.317 e. The number of amides is 2. The van der Waals surface area contributed by atoms with Crippen molar-refractivity contribution in [1.82, 2.24) is 19.6 Å². The number of hydrogen-bond acceptors (Lipinski definition) is 3. The number of halogens is 1. The van der Waals surface area contributed by atoms with Gasteiger partial charge in [0.1, 0.15) is 0 Å². The summed E-state index contributed by atoms with van der Waals surface area (Å²) < 4.78 is 3.20. The summed E-state index contributed by atoms with van der Waals surface area (Å²) in [5.41, 5.74) is 4.23. The van der Waals surface area contributed by atoms with E-state index < -0.39 is 0 Å². The molecular weight excluding hydrogens is 442 g/mol. The Morgan fingerprint density at radius 2 is 1.77 bits per heavy atom. The van der Waals surface area contributed by atoms with Gasteiger partial charge in [0.05, 0.1) is 16.6 Å². The van der Waals surface area contributed by atoms with Gasteiger partial charge in [0, 0.05) is 43.4 Å². The molecule has 2 aromatic heterocycles. The summed E-state index contributed by atoms with van der Waals surface area (Å²) in [4.78, 5) is 21.7. The van der Waals surface area contributed by atoms with E-state index in [4.69, 9.17) is 4.98 Å². The lowest BCUT2D eigenvalue weighted by Crippen LogP contribution is -2.52. The van der Waals surface area contributed by atoms with Crippen molar-refractivity contribution in [3.8, 4) is 0 Å². The number of benzene rings is 2. The smallest absolute Gasteiger partial charge is 0.317 e. The van der Waals surface area contributed by atoms with Gasteiger partial charge in [0.2, 0.25) is 0 Å². The molecule has 0 radical (unpaired) electrons. The second-order valence-corrected chi connectivity index (χ2v) is 8.37. The maximum absolute atomic E-state index is 12.6. The number of aromatic nitrogens is 2. The van der Waals surface area contributed by atoms with E-state index in [2.05, 4.69) is 54.9 Å². The van der Waals surface area contributed by atoms with Gasteiger partial charge >= 0.3 is 6.03 Å². The lowest BCUT2D eigenvalue weighted by atomic mass is 10.2. The van der Waals surface area contributed by atoms with E-state index in [1.807, 2.05) is 47.4 Å². The molecule has 0 spiro atoms. The van der Waals surface area contributed by atoms with Crippen LogP contribution in [-0.4, -0.2) is 46.5 Å². The highest BCUT2D eigenvalue weighted by atomic mass is 79.9. The monoisotopic (exact) mass is 463 g/mol. The zero-order valence-electron chi connectivity index (χ0n) is 16.5. The van der Waals surface area contributed by atoms with Gasteiger partial charge in [0.15, 0.2) is 5.82 Å². The van der Waals surface area contributed by atoms with E-state index in [-0.39, 0.29) is 6.03 Å². The van der Waals surface area contributed by atoms with Crippen molar-refractivity contribution in [2.45, 2.75) is 6.54 Å². The lowest BCUT2D eigenvalue weighted by molar-refractivity contribution is 0.194. The van der Waals surface area contributed by atoms with Crippen molar-refractivity contribution in [3.63, 3.8) is 0 Å². The van der Waals surface area contributed by atoms with Crippen LogP contribution in [-0.2, 0) is 6.54 Å². The van der Waals surface area contributed by atoms with Gasteiger partial charge in [-0.15, -0.1) is 0 Å². The molecular formula is C23H22BrN5O. The fourth-order valence-electron chi connectivity index (χ4n) is 3.97. The molecule has 30 heavy (non-hydrogen) atoms. The van der Waals surface area contributed by atoms with Gasteiger partial charge in [0.25, 0.3) is 0 Å². The summed E-state index contributed by atoms with van der Waals surface area (Å²) in [6, 6.07) is 20.3. The predicted molar refractivity (Wildman–Crippen MR) is 123 cm³/mol. The van der Waals surface area contributed by atoms with Crippen LogP contribution in [0.25, 0.3) is 16.6 Å². The Hall–Kier alpha value is -3.06. The minimum Gasteiger partial charge on any atom is -0.351 e. The van der Waals surface area contributed by atoms with E-state index in [9.17, 15) is 4.79 Å². The molecule has 3 heterocycles. The third-order valence-corrected chi connectivity index (χ3v) is 6.05. The van der Waals surface area contributed by atoms with Crippen LogP contribution in [0.2, 0.25) is 0 Å². The Kier molecular flexibility index (Phi) is 5.04. The number of carbonyl (C=O) groups excluding carboxylic acids is 1. The first kappa shape index (κ1) is 18.9. The van der Waals surface area contributed by atoms with Crippen molar-refractivity contribution in [2.24, 2.45) is 0 Å². The van der Waals surface area contributed by atoms with Crippen LogP contribution < -0.4 is 10.2 Å². The summed E-state index contributed by atoms with van der Waals surface area (Å²) in [7, 11) is 0. The van der Waals surface area contributed by atoms with Crippen molar-refractivity contribution < 1.29 is 4.79 Å². The van der Waals surface area contributed by atoms with Crippen LogP contribution in [0.15, 0.2) is 71.3 Å². The lowest BCUT2D eigenvalue weighted by Gasteiger charge is -2.35. The standard InChI is InChI=1S/C23H22BrN5O/c24-18-8-9-20-19(15-18)26-22(21-7-4-10-29(20)21)27-11-13-28(14-12-27)23(30)25-16-17-5-2-1-3-6-17/h1-10,15H,11-14,16H2,(H,25,30). The second kappa shape index (κ2) is 7.99.